The van der Waals surface area contributed by atoms with Crippen LogP contribution in [0.3, 0.4) is 0 Å². The molecular weight excluding hydrogens is 420 g/mol. The molecule has 2 aliphatic rings. The van der Waals surface area contributed by atoms with Gasteiger partial charge in [0, 0.05) is 19.1 Å². The molecule has 0 aromatic rings. The largest absolute Gasteiger partial charge is 0.370 e. The number of likely N-dealkylation sites (tertiary alicyclic amines) is 1. The van der Waals surface area contributed by atoms with Crippen LogP contribution in [-0.4, -0.2) is 78.2 Å². The fraction of sp³-hybridized carbons (Fsp3) is 0.810. The Balaban J connectivity index is 0.00000480. The van der Waals surface area contributed by atoms with Crippen molar-refractivity contribution >= 4 is 36.5 Å². The zero-order chi connectivity index (χ0) is 22.1. The summed E-state index contributed by atoms with van der Waals surface area (Å²) in [5, 5.41) is 2.97. The van der Waals surface area contributed by atoms with E-state index in [9.17, 15) is 14.4 Å². The van der Waals surface area contributed by atoms with Gasteiger partial charge in [-0.25, -0.2) is 0 Å². The zero-order valence-corrected chi connectivity index (χ0v) is 19.6. The second-order valence-electron chi connectivity index (χ2n) is 8.39. The van der Waals surface area contributed by atoms with Gasteiger partial charge >= 0.3 is 0 Å². The molecule has 3 atom stereocenters. The second-order valence-corrected chi connectivity index (χ2v) is 8.39. The first-order chi connectivity index (χ1) is 14.4. The summed E-state index contributed by atoms with van der Waals surface area (Å²) >= 11 is 0. The number of guanidine groups is 1. The van der Waals surface area contributed by atoms with Gasteiger partial charge in [0.2, 0.25) is 11.8 Å². The van der Waals surface area contributed by atoms with Crippen LogP contribution in [0.2, 0.25) is 0 Å². The number of hydrogen-bond donors (Lipinski definition) is 3. The molecule has 0 aromatic carbocycles. The number of carbonyl (C=O) groups excluding carboxylic acids is 3. The topological polar surface area (TPSA) is 134 Å². The normalized spacial score (nSPS) is 21.0. The lowest BCUT2D eigenvalue weighted by Gasteiger charge is -2.41. The van der Waals surface area contributed by atoms with E-state index >= 15 is 0 Å². The van der Waals surface area contributed by atoms with Gasteiger partial charge in [-0.1, -0.05) is 19.3 Å². The van der Waals surface area contributed by atoms with E-state index in [4.69, 9.17) is 11.5 Å². The molecule has 9 nitrogen and oxygen atoms in total. The molecule has 31 heavy (non-hydrogen) atoms. The second kappa shape index (κ2) is 13.5. The molecule has 0 aromatic heterocycles. The molecule has 2 rings (SSSR count). The maximum Gasteiger partial charge on any atom is 0.246 e. The number of nitrogens with one attached hydrogen (secondary N) is 1. The van der Waals surface area contributed by atoms with Crippen molar-refractivity contribution in [1.29, 1.82) is 0 Å². The number of aliphatic imine (C=N–C) groups is 1. The Bertz CT molecular complexity index is 622. The first-order valence-electron chi connectivity index (χ1n) is 11.2. The van der Waals surface area contributed by atoms with Gasteiger partial charge in [-0.3, -0.25) is 14.6 Å². The van der Waals surface area contributed by atoms with Crippen molar-refractivity contribution in [2.24, 2.45) is 16.5 Å². The molecule has 0 bridgehead atoms. The van der Waals surface area contributed by atoms with Crippen LogP contribution >= 0.6 is 12.4 Å². The van der Waals surface area contributed by atoms with Gasteiger partial charge in [0.05, 0.1) is 12.1 Å². The number of halogens is 1. The fourth-order valence-electron chi connectivity index (χ4n) is 4.59. The average Bonchev–Trinajstić information content (AvgIpc) is 3.24. The summed E-state index contributed by atoms with van der Waals surface area (Å²) < 4.78 is 0. The summed E-state index contributed by atoms with van der Waals surface area (Å²) in [5.74, 6) is -0.126. The third-order valence-electron chi connectivity index (χ3n) is 6.31. The van der Waals surface area contributed by atoms with Gasteiger partial charge < -0.3 is 31.4 Å². The van der Waals surface area contributed by atoms with Crippen molar-refractivity contribution in [3.63, 3.8) is 0 Å². The average molecular weight is 459 g/mol. The number of likely N-dealkylation sites (N-methyl/N-ethyl adjacent to an activating group) is 1. The van der Waals surface area contributed by atoms with Gasteiger partial charge in [0.25, 0.3) is 0 Å². The van der Waals surface area contributed by atoms with Crippen LogP contribution in [0.4, 0.5) is 0 Å². The van der Waals surface area contributed by atoms with E-state index in [0.717, 1.165) is 44.8 Å². The van der Waals surface area contributed by atoms with Crippen molar-refractivity contribution in [1.82, 2.24) is 15.1 Å². The molecule has 1 heterocycles. The number of aldehydes is 1. The van der Waals surface area contributed by atoms with E-state index in [1.54, 1.807) is 23.8 Å². The summed E-state index contributed by atoms with van der Waals surface area (Å²) in [5.41, 5.74) is 10.8. The number of rotatable bonds is 10. The Morgan fingerprint density at radius 2 is 1.87 bits per heavy atom. The van der Waals surface area contributed by atoms with Gasteiger partial charge in [-0.05, 0) is 52.5 Å². The van der Waals surface area contributed by atoms with Crippen molar-refractivity contribution in [2.75, 3.05) is 20.1 Å². The number of nitrogens with zero attached hydrogens (tertiary/aromatic N) is 3. The first-order valence-corrected chi connectivity index (χ1v) is 11.2. The monoisotopic (exact) mass is 458 g/mol. The third kappa shape index (κ3) is 7.35. The third-order valence-corrected chi connectivity index (χ3v) is 6.31. The maximum absolute atomic E-state index is 13.7. The van der Waals surface area contributed by atoms with Crippen molar-refractivity contribution < 1.29 is 14.4 Å². The van der Waals surface area contributed by atoms with Crippen LogP contribution in [-0.2, 0) is 14.4 Å². The lowest BCUT2D eigenvalue weighted by atomic mass is 9.91. The van der Waals surface area contributed by atoms with Crippen LogP contribution in [0.15, 0.2) is 4.99 Å². The summed E-state index contributed by atoms with van der Waals surface area (Å²) in [7, 11) is 1.74. The van der Waals surface area contributed by atoms with Crippen LogP contribution in [0.5, 0.6) is 0 Å². The quantitative estimate of drug-likeness (QED) is 0.192. The van der Waals surface area contributed by atoms with E-state index in [2.05, 4.69) is 10.3 Å². The SMILES string of the molecule is CN[C@@H](C)C(=O)N1CCC[C@H]1C(=O)N(C1CCCCC1)[C@H](C=O)CCCN=C(N)N.Cl. The minimum Gasteiger partial charge on any atom is -0.370 e. The molecule has 0 radical (unpaired) electrons. The molecule has 5 N–H and O–H groups in total. The minimum atomic E-state index is -0.519. The number of carbonyl (C=O) groups is 3. The smallest absolute Gasteiger partial charge is 0.246 e. The highest BCUT2D eigenvalue weighted by Gasteiger charge is 2.41. The Morgan fingerprint density at radius 3 is 2.45 bits per heavy atom. The van der Waals surface area contributed by atoms with Crippen LogP contribution < -0.4 is 16.8 Å². The maximum atomic E-state index is 13.7. The molecule has 0 spiro atoms. The lowest BCUT2D eigenvalue weighted by molar-refractivity contribution is -0.149. The van der Waals surface area contributed by atoms with E-state index in [1.807, 2.05) is 0 Å². The predicted octanol–water partition coefficient (Wildman–Crippen LogP) is 0.790. The van der Waals surface area contributed by atoms with Crippen LogP contribution in [0.25, 0.3) is 0 Å². The Kier molecular flexibility index (Phi) is 11.8. The molecule has 10 heteroatoms. The number of amides is 2. The lowest BCUT2D eigenvalue weighted by Crippen LogP contribution is -2.57. The predicted molar refractivity (Wildman–Crippen MR) is 124 cm³/mol. The van der Waals surface area contributed by atoms with E-state index in [1.165, 1.54) is 0 Å². The summed E-state index contributed by atoms with van der Waals surface area (Å²) in [6.45, 7) is 2.81. The van der Waals surface area contributed by atoms with Crippen molar-refractivity contribution in [3.8, 4) is 0 Å². The molecule has 2 amide bonds. The fourth-order valence-corrected chi connectivity index (χ4v) is 4.59. The Morgan fingerprint density at radius 1 is 1.19 bits per heavy atom. The minimum absolute atomic E-state index is 0. The zero-order valence-electron chi connectivity index (χ0n) is 18.8. The Hall–Kier alpha value is -1.87. The van der Waals surface area contributed by atoms with Gasteiger partial charge in [-0.2, -0.15) is 0 Å². The summed E-state index contributed by atoms with van der Waals surface area (Å²) in [6.07, 6.45) is 8.50. The molecule has 2 fully saturated rings. The molecule has 0 unspecified atom stereocenters. The molecule has 1 saturated carbocycles. The molecule has 1 aliphatic heterocycles. The highest BCUT2D eigenvalue weighted by molar-refractivity contribution is 5.91. The number of hydrogen-bond acceptors (Lipinski definition) is 5. The highest BCUT2D eigenvalue weighted by Crippen LogP contribution is 2.29. The standard InChI is InChI=1S/C21H38N6O3.ClH/c1-15(24-2)19(29)26-13-7-11-18(26)20(30)27(16-8-4-3-5-9-16)17(14-28)10-6-12-25-21(22)23;/h14-18,24H,3-13H2,1-2H3,(H4,22,23,25);1H/t15-,17-,18-;/m0./s1. The molecule has 1 aliphatic carbocycles. The first kappa shape index (κ1) is 27.2. The van der Waals surface area contributed by atoms with Crippen molar-refractivity contribution in [3.05, 3.63) is 0 Å². The van der Waals surface area contributed by atoms with Crippen molar-refractivity contribution in [2.45, 2.75) is 88.9 Å². The van der Waals surface area contributed by atoms with E-state index in [0.29, 0.717) is 32.4 Å². The summed E-state index contributed by atoms with van der Waals surface area (Å²) in [4.78, 5) is 46.0. The summed E-state index contributed by atoms with van der Waals surface area (Å²) in [6, 6.07) is -1.31. The van der Waals surface area contributed by atoms with E-state index < -0.39 is 12.1 Å². The van der Waals surface area contributed by atoms with E-state index in [-0.39, 0.29) is 42.3 Å². The molecule has 1 saturated heterocycles. The van der Waals surface area contributed by atoms with Crippen LogP contribution in [0, 0.1) is 0 Å². The van der Waals surface area contributed by atoms with Gasteiger partial charge in [0.15, 0.2) is 5.96 Å². The Labute approximate surface area is 191 Å². The highest BCUT2D eigenvalue weighted by atomic mass is 35.5. The molecule has 178 valence electrons. The van der Waals surface area contributed by atoms with Gasteiger partial charge in [-0.15, -0.1) is 12.4 Å². The van der Waals surface area contributed by atoms with Crippen LogP contribution in [0.1, 0.15) is 64.7 Å². The molecular formula is C21H39ClN6O3. The van der Waals surface area contributed by atoms with Gasteiger partial charge in [0.1, 0.15) is 12.3 Å². The number of nitrogens with two attached hydrogens (primary N) is 2.